The molecule has 3 aromatic rings. The summed E-state index contributed by atoms with van der Waals surface area (Å²) >= 11 is 0. The quantitative estimate of drug-likeness (QED) is 0.315. The normalized spacial score (nSPS) is 11.3. The molecule has 12 heteroatoms. The van der Waals surface area contributed by atoms with Crippen LogP contribution >= 0.6 is 0 Å². The van der Waals surface area contributed by atoms with Gasteiger partial charge in [-0.1, -0.05) is 24.3 Å². The van der Waals surface area contributed by atoms with E-state index in [1.807, 2.05) is 0 Å². The van der Waals surface area contributed by atoms with Gasteiger partial charge in [-0.3, -0.25) is 14.4 Å². The number of nitrogens with zero attached hydrogens (tertiary/aromatic N) is 1. The van der Waals surface area contributed by atoms with Crippen LogP contribution < -0.4 is 15.4 Å². The SMILES string of the molecule is CC(=O)Nc1cc(S(=O)(=O)N(C)C)ccc1Oc1cc(NC(=O)CCC(=O)O)c(O)c2ccccc12. The van der Waals surface area contributed by atoms with Crippen molar-refractivity contribution in [2.75, 3.05) is 24.7 Å². The van der Waals surface area contributed by atoms with Crippen LogP contribution in [-0.2, 0) is 24.4 Å². The molecule has 0 heterocycles. The van der Waals surface area contributed by atoms with E-state index in [9.17, 15) is 27.9 Å². The highest BCUT2D eigenvalue weighted by atomic mass is 32.2. The molecule has 0 aromatic heterocycles. The van der Waals surface area contributed by atoms with Crippen molar-refractivity contribution in [3.8, 4) is 17.2 Å². The summed E-state index contributed by atoms with van der Waals surface area (Å²) in [5.41, 5.74) is 0.0848. The first-order valence-electron chi connectivity index (χ1n) is 10.7. The molecule has 190 valence electrons. The van der Waals surface area contributed by atoms with Gasteiger partial charge in [-0.25, -0.2) is 12.7 Å². The van der Waals surface area contributed by atoms with Gasteiger partial charge in [0.1, 0.15) is 11.5 Å². The third-order valence-electron chi connectivity index (χ3n) is 5.08. The van der Waals surface area contributed by atoms with E-state index in [2.05, 4.69) is 10.6 Å². The predicted molar refractivity (Wildman–Crippen MR) is 133 cm³/mol. The lowest BCUT2D eigenvalue weighted by atomic mass is 10.1. The van der Waals surface area contributed by atoms with Gasteiger partial charge in [0, 0.05) is 44.3 Å². The summed E-state index contributed by atoms with van der Waals surface area (Å²) in [6.07, 6.45) is -0.682. The number of carbonyl (C=O) groups is 3. The number of phenolic OH excluding ortho intramolecular Hbond substituents is 1. The fourth-order valence-electron chi connectivity index (χ4n) is 3.31. The van der Waals surface area contributed by atoms with Crippen LogP contribution in [0.3, 0.4) is 0 Å². The molecular formula is C24H25N3O8S. The zero-order chi connectivity index (χ0) is 26.6. The average molecular weight is 516 g/mol. The lowest BCUT2D eigenvalue weighted by Crippen LogP contribution is -2.22. The van der Waals surface area contributed by atoms with Crippen LogP contribution in [0.25, 0.3) is 10.8 Å². The van der Waals surface area contributed by atoms with Gasteiger partial charge in [0.2, 0.25) is 21.8 Å². The Morgan fingerprint density at radius 3 is 2.19 bits per heavy atom. The van der Waals surface area contributed by atoms with Crippen molar-refractivity contribution < 1.29 is 37.8 Å². The van der Waals surface area contributed by atoms with Crippen LogP contribution in [0.1, 0.15) is 19.8 Å². The highest BCUT2D eigenvalue weighted by Gasteiger charge is 2.21. The van der Waals surface area contributed by atoms with Crippen LogP contribution in [0.4, 0.5) is 11.4 Å². The number of hydrogen-bond donors (Lipinski definition) is 4. The molecule has 2 amide bonds. The van der Waals surface area contributed by atoms with Gasteiger partial charge in [0.05, 0.1) is 22.7 Å². The number of carbonyl (C=O) groups excluding carboxylic acids is 2. The summed E-state index contributed by atoms with van der Waals surface area (Å²) in [6.45, 7) is 1.26. The Hall–Kier alpha value is -4.16. The molecule has 0 aliphatic rings. The van der Waals surface area contributed by atoms with Crippen molar-refractivity contribution in [1.82, 2.24) is 4.31 Å². The Morgan fingerprint density at radius 1 is 0.917 bits per heavy atom. The maximum absolute atomic E-state index is 12.6. The molecule has 0 saturated heterocycles. The smallest absolute Gasteiger partial charge is 0.303 e. The molecule has 4 N–H and O–H groups in total. The van der Waals surface area contributed by atoms with Gasteiger partial charge in [0.15, 0.2) is 5.75 Å². The molecule has 0 bridgehead atoms. The lowest BCUT2D eigenvalue weighted by Gasteiger charge is -2.18. The molecule has 0 fully saturated rings. The number of ether oxygens (including phenoxy) is 1. The largest absolute Gasteiger partial charge is 0.505 e. The minimum atomic E-state index is -3.79. The third kappa shape index (κ3) is 5.90. The van der Waals surface area contributed by atoms with Crippen molar-refractivity contribution in [1.29, 1.82) is 0 Å². The average Bonchev–Trinajstić information content (AvgIpc) is 2.81. The second-order valence-electron chi connectivity index (χ2n) is 7.99. The number of aromatic hydroxyl groups is 1. The molecule has 11 nitrogen and oxygen atoms in total. The lowest BCUT2D eigenvalue weighted by molar-refractivity contribution is -0.138. The van der Waals surface area contributed by atoms with Gasteiger partial charge in [-0.05, 0) is 18.2 Å². The van der Waals surface area contributed by atoms with E-state index in [-0.39, 0.29) is 46.4 Å². The van der Waals surface area contributed by atoms with Crippen LogP contribution in [0.15, 0.2) is 53.4 Å². The molecule has 0 saturated carbocycles. The van der Waals surface area contributed by atoms with Crippen molar-refractivity contribution in [3.05, 3.63) is 48.5 Å². The number of carboxylic acids is 1. The molecule has 3 aromatic carbocycles. The molecule has 0 atom stereocenters. The highest BCUT2D eigenvalue weighted by Crippen LogP contribution is 2.42. The Bertz CT molecular complexity index is 1450. The number of benzene rings is 3. The Balaban J connectivity index is 2.08. The third-order valence-corrected chi connectivity index (χ3v) is 6.89. The topological polar surface area (TPSA) is 162 Å². The summed E-state index contributed by atoms with van der Waals surface area (Å²) in [6, 6.07) is 12.0. The van der Waals surface area contributed by atoms with Gasteiger partial charge in [0.25, 0.3) is 0 Å². The number of nitrogens with one attached hydrogen (secondary N) is 2. The van der Waals surface area contributed by atoms with Gasteiger partial charge in [-0.2, -0.15) is 0 Å². The van der Waals surface area contributed by atoms with E-state index in [0.29, 0.717) is 10.8 Å². The van der Waals surface area contributed by atoms with Gasteiger partial charge >= 0.3 is 5.97 Å². The molecule has 0 spiro atoms. The zero-order valence-electron chi connectivity index (χ0n) is 19.7. The number of rotatable bonds is 9. The van der Waals surface area contributed by atoms with Crippen molar-refractivity contribution in [2.24, 2.45) is 0 Å². The molecule has 0 aliphatic heterocycles. The Kier molecular flexibility index (Phi) is 7.80. The molecular weight excluding hydrogens is 490 g/mol. The first-order valence-corrected chi connectivity index (χ1v) is 12.1. The van der Waals surface area contributed by atoms with E-state index in [0.717, 1.165) is 4.31 Å². The summed E-state index contributed by atoms with van der Waals surface area (Å²) in [7, 11) is -1.03. The second kappa shape index (κ2) is 10.6. The van der Waals surface area contributed by atoms with E-state index in [4.69, 9.17) is 9.84 Å². The van der Waals surface area contributed by atoms with Gasteiger partial charge in [-0.15, -0.1) is 0 Å². The van der Waals surface area contributed by atoms with Crippen molar-refractivity contribution in [2.45, 2.75) is 24.7 Å². The molecule has 36 heavy (non-hydrogen) atoms. The van der Waals surface area contributed by atoms with E-state index < -0.39 is 27.8 Å². The maximum atomic E-state index is 12.6. The maximum Gasteiger partial charge on any atom is 0.303 e. The number of phenols is 1. The van der Waals surface area contributed by atoms with Gasteiger partial charge < -0.3 is 25.6 Å². The number of aliphatic carboxylic acids is 1. The second-order valence-corrected chi connectivity index (χ2v) is 10.1. The molecule has 0 unspecified atom stereocenters. The number of amides is 2. The van der Waals surface area contributed by atoms with Crippen LogP contribution in [0.2, 0.25) is 0 Å². The monoisotopic (exact) mass is 515 g/mol. The summed E-state index contributed by atoms with van der Waals surface area (Å²) in [4.78, 5) is 34.7. The first kappa shape index (κ1) is 26.4. The summed E-state index contributed by atoms with van der Waals surface area (Å²) in [5.74, 6) is -2.15. The fraction of sp³-hybridized carbons (Fsp3) is 0.208. The summed E-state index contributed by atoms with van der Waals surface area (Å²) in [5, 5.41) is 25.4. The minimum Gasteiger partial charge on any atom is -0.505 e. The van der Waals surface area contributed by atoms with E-state index in [1.54, 1.807) is 24.3 Å². The van der Waals surface area contributed by atoms with Crippen LogP contribution in [0, 0.1) is 0 Å². The highest BCUT2D eigenvalue weighted by molar-refractivity contribution is 7.89. The first-order chi connectivity index (χ1) is 16.9. The number of sulfonamides is 1. The molecule has 0 aliphatic carbocycles. The number of carboxylic acid groups (broad SMARTS) is 1. The van der Waals surface area contributed by atoms with E-state index >= 15 is 0 Å². The number of anilines is 2. The number of hydrogen-bond acceptors (Lipinski definition) is 7. The zero-order valence-corrected chi connectivity index (χ0v) is 20.5. The predicted octanol–water partition coefficient (Wildman–Crippen LogP) is 3.35. The minimum absolute atomic E-state index is 0.00743. The van der Waals surface area contributed by atoms with Crippen molar-refractivity contribution >= 4 is 50.0 Å². The standard InChI is InChI=1S/C24H25N3O8S/c1-14(28)25-18-12-15(36(33,34)27(2)3)8-9-20(18)35-21-13-19(26-22(29)10-11-23(30)31)24(32)17-7-5-4-6-16(17)21/h4-9,12-13,32H,10-11H2,1-3H3,(H,25,28)(H,26,29)(H,30,31). The van der Waals surface area contributed by atoms with Crippen LogP contribution in [0.5, 0.6) is 17.2 Å². The van der Waals surface area contributed by atoms with Crippen LogP contribution in [-0.4, -0.2) is 54.8 Å². The Labute approximate surface area is 207 Å². The van der Waals surface area contributed by atoms with E-state index in [1.165, 1.54) is 45.3 Å². The molecule has 0 radical (unpaired) electrons. The number of fused-ring (bicyclic) bond motifs is 1. The van der Waals surface area contributed by atoms with Crippen molar-refractivity contribution in [3.63, 3.8) is 0 Å². The Morgan fingerprint density at radius 2 is 1.58 bits per heavy atom. The fourth-order valence-corrected chi connectivity index (χ4v) is 4.24. The molecule has 3 rings (SSSR count). The summed E-state index contributed by atoms with van der Waals surface area (Å²) < 4.78 is 32.2.